The van der Waals surface area contributed by atoms with Crippen molar-refractivity contribution in [2.45, 2.75) is 48.6 Å². The summed E-state index contributed by atoms with van der Waals surface area (Å²) in [6, 6.07) is 18.6. The fraction of sp³-hybridized carbons (Fsp3) is 0.281. The number of carbonyl (C=O) groups is 1. The van der Waals surface area contributed by atoms with Crippen LogP contribution in [0.15, 0.2) is 83.9 Å². The molecule has 1 aromatic heterocycles. The quantitative estimate of drug-likeness (QED) is 0.203. The SMILES string of the molecule is O=C(Nc1ccc(-c2cnc3nc2NCCCNS(=O)(=O)c2cccc(c2)N3)cc1)C1(c2cccc(C(F)(F)F)c2)CCCC1. The summed E-state index contributed by atoms with van der Waals surface area (Å²) in [4.78, 5) is 22.9. The van der Waals surface area contributed by atoms with Crippen LogP contribution in [0.2, 0.25) is 0 Å². The van der Waals surface area contributed by atoms with Crippen LogP contribution in [0.1, 0.15) is 43.2 Å². The molecule has 0 spiro atoms. The minimum Gasteiger partial charge on any atom is -0.369 e. The molecule has 9 nitrogen and oxygen atoms in total. The number of aromatic nitrogens is 2. The van der Waals surface area contributed by atoms with Gasteiger partial charge >= 0.3 is 6.18 Å². The van der Waals surface area contributed by atoms with E-state index in [1.807, 2.05) is 12.1 Å². The number of benzene rings is 3. The molecular formula is C32H31F3N6O3S. The van der Waals surface area contributed by atoms with Gasteiger partial charge in [-0.05, 0) is 66.8 Å². The number of carbonyl (C=O) groups excluding carboxylic acids is 1. The molecule has 234 valence electrons. The largest absolute Gasteiger partial charge is 0.416 e. The Bertz CT molecular complexity index is 1820. The number of nitrogens with one attached hydrogen (secondary N) is 4. The van der Waals surface area contributed by atoms with Crippen LogP contribution < -0.4 is 20.7 Å². The van der Waals surface area contributed by atoms with E-state index in [4.69, 9.17) is 0 Å². The number of hydrogen-bond donors (Lipinski definition) is 4. The summed E-state index contributed by atoms with van der Waals surface area (Å²) in [7, 11) is -3.67. The Morgan fingerprint density at radius 3 is 2.42 bits per heavy atom. The molecule has 4 bridgehead atoms. The maximum Gasteiger partial charge on any atom is 0.416 e. The Hall–Kier alpha value is -4.49. The summed E-state index contributed by atoms with van der Waals surface area (Å²) in [6.07, 6.45) is 0.106. The van der Waals surface area contributed by atoms with Crippen molar-refractivity contribution in [1.82, 2.24) is 14.7 Å². The second-order valence-electron chi connectivity index (χ2n) is 11.2. The van der Waals surface area contributed by atoms with Crippen LogP contribution in [-0.2, 0) is 26.4 Å². The topological polar surface area (TPSA) is 125 Å². The van der Waals surface area contributed by atoms with Gasteiger partial charge in [0.1, 0.15) is 5.82 Å². The van der Waals surface area contributed by atoms with Crippen molar-refractivity contribution in [3.05, 3.63) is 90.1 Å². The van der Waals surface area contributed by atoms with Crippen LogP contribution in [0.3, 0.4) is 0 Å². The molecule has 1 aliphatic heterocycles. The second kappa shape index (κ2) is 12.1. The van der Waals surface area contributed by atoms with Gasteiger partial charge in [0.2, 0.25) is 21.9 Å². The number of alkyl halides is 3. The van der Waals surface area contributed by atoms with Crippen LogP contribution >= 0.6 is 0 Å². The lowest BCUT2D eigenvalue weighted by atomic mass is 9.77. The first-order chi connectivity index (χ1) is 21.5. The number of halogens is 3. The molecule has 0 saturated heterocycles. The minimum absolute atomic E-state index is 0.136. The molecule has 1 fully saturated rings. The number of anilines is 4. The van der Waals surface area contributed by atoms with Crippen molar-refractivity contribution >= 4 is 39.1 Å². The van der Waals surface area contributed by atoms with E-state index in [1.165, 1.54) is 18.2 Å². The molecule has 13 heteroatoms. The Labute approximate surface area is 258 Å². The molecule has 2 heterocycles. The third-order valence-electron chi connectivity index (χ3n) is 8.22. The van der Waals surface area contributed by atoms with Crippen molar-refractivity contribution in [2.75, 3.05) is 29.0 Å². The zero-order chi connectivity index (χ0) is 31.7. The van der Waals surface area contributed by atoms with E-state index < -0.39 is 27.2 Å². The molecule has 3 aromatic carbocycles. The van der Waals surface area contributed by atoms with Gasteiger partial charge in [0, 0.05) is 36.2 Å². The molecule has 4 N–H and O–H groups in total. The van der Waals surface area contributed by atoms with E-state index >= 15 is 0 Å². The number of sulfonamides is 1. The molecule has 0 radical (unpaired) electrons. The maximum atomic E-state index is 13.6. The van der Waals surface area contributed by atoms with Gasteiger partial charge in [-0.15, -0.1) is 0 Å². The standard InChI is InChI=1S/C32H31F3N6O3S/c33-32(34,35)23-7-3-6-22(18-23)31(14-1-2-15-31)29(42)39-24-12-10-21(11-13-24)27-20-37-30-40-25-8-4-9-26(19-25)45(43,44)38-17-5-16-36-28(27)41-30/h3-4,6-13,18-20,38H,1-2,5,14-17H2,(H,39,42)(H2,36,37,40,41). The summed E-state index contributed by atoms with van der Waals surface area (Å²) in [5, 5.41) is 9.27. The normalized spacial score (nSPS) is 17.5. The van der Waals surface area contributed by atoms with Crippen molar-refractivity contribution in [2.24, 2.45) is 0 Å². The van der Waals surface area contributed by atoms with Gasteiger partial charge in [0.15, 0.2) is 0 Å². The van der Waals surface area contributed by atoms with Crippen molar-refractivity contribution in [3.63, 3.8) is 0 Å². The highest BCUT2D eigenvalue weighted by Gasteiger charge is 2.44. The van der Waals surface area contributed by atoms with Crippen molar-refractivity contribution in [1.29, 1.82) is 0 Å². The zero-order valence-corrected chi connectivity index (χ0v) is 24.9. The van der Waals surface area contributed by atoms with E-state index in [0.717, 1.165) is 30.5 Å². The Kier molecular flexibility index (Phi) is 8.23. The Morgan fingerprint density at radius 1 is 0.911 bits per heavy atom. The number of fused-ring (bicyclic) bond motifs is 4. The maximum absolute atomic E-state index is 13.6. The monoisotopic (exact) mass is 636 g/mol. The second-order valence-corrected chi connectivity index (χ2v) is 13.0. The van der Waals surface area contributed by atoms with Crippen molar-refractivity contribution in [3.8, 4) is 11.1 Å². The van der Waals surface area contributed by atoms with Gasteiger partial charge in [0.25, 0.3) is 0 Å². The van der Waals surface area contributed by atoms with Crippen LogP contribution in [0.5, 0.6) is 0 Å². The Balaban J connectivity index is 1.24. The summed E-state index contributed by atoms with van der Waals surface area (Å²) in [5.74, 6) is 0.491. The van der Waals surface area contributed by atoms with Gasteiger partial charge in [0.05, 0.1) is 15.9 Å². The van der Waals surface area contributed by atoms with Gasteiger partial charge < -0.3 is 16.0 Å². The summed E-state index contributed by atoms with van der Waals surface area (Å²) in [5.41, 5.74) is 1.06. The highest BCUT2D eigenvalue weighted by atomic mass is 32.2. The van der Waals surface area contributed by atoms with E-state index in [1.54, 1.807) is 36.5 Å². The molecule has 2 aliphatic rings. The van der Waals surface area contributed by atoms with Gasteiger partial charge in [-0.3, -0.25) is 4.79 Å². The third kappa shape index (κ3) is 6.50. The van der Waals surface area contributed by atoms with Crippen molar-refractivity contribution < 1.29 is 26.4 Å². The minimum atomic E-state index is -4.49. The fourth-order valence-electron chi connectivity index (χ4n) is 5.85. The predicted octanol–water partition coefficient (Wildman–Crippen LogP) is 6.45. The fourth-order valence-corrected chi connectivity index (χ4v) is 6.97. The first-order valence-corrected chi connectivity index (χ1v) is 16.1. The van der Waals surface area contributed by atoms with E-state index in [-0.39, 0.29) is 23.3 Å². The van der Waals surface area contributed by atoms with Gasteiger partial charge in [-0.25, -0.2) is 18.1 Å². The average molecular weight is 637 g/mol. The number of nitrogens with zero attached hydrogens (tertiary/aromatic N) is 2. The molecule has 1 aliphatic carbocycles. The van der Waals surface area contributed by atoms with E-state index in [2.05, 4.69) is 30.6 Å². The summed E-state index contributed by atoms with van der Waals surface area (Å²) < 4.78 is 68.2. The molecule has 6 rings (SSSR count). The lowest BCUT2D eigenvalue weighted by Crippen LogP contribution is -2.38. The number of rotatable bonds is 4. The van der Waals surface area contributed by atoms with Crippen LogP contribution in [0, 0.1) is 0 Å². The lowest BCUT2D eigenvalue weighted by molar-refractivity contribution is -0.137. The first-order valence-electron chi connectivity index (χ1n) is 14.6. The van der Waals surface area contributed by atoms with E-state index in [0.29, 0.717) is 54.1 Å². The first kappa shape index (κ1) is 30.5. The molecule has 1 amide bonds. The van der Waals surface area contributed by atoms with Gasteiger partial charge in [-0.1, -0.05) is 49.2 Å². The number of hydrogen-bond acceptors (Lipinski definition) is 7. The Morgan fingerprint density at radius 2 is 1.67 bits per heavy atom. The molecule has 45 heavy (non-hydrogen) atoms. The smallest absolute Gasteiger partial charge is 0.369 e. The van der Waals surface area contributed by atoms with Gasteiger partial charge in [-0.2, -0.15) is 18.2 Å². The van der Waals surface area contributed by atoms with Crippen LogP contribution in [0.4, 0.5) is 36.3 Å². The third-order valence-corrected chi connectivity index (χ3v) is 9.67. The molecule has 1 saturated carbocycles. The molecule has 4 aromatic rings. The highest BCUT2D eigenvalue weighted by Crippen LogP contribution is 2.44. The summed E-state index contributed by atoms with van der Waals surface area (Å²) >= 11 is 0. The predicted molar refractivity (Wildman–Crippen MR) is 166 cm³/mol. The molecule has 0 atom stereocenters. The van der Waals surface area contributed by atoms with E-state index in [9.17, 15) is 26.4 Å². The molecule has 0 unspecified atom stereocenters. The highest BCUT2D eigenvalue weighted by molar-refractivity contribution is 7.89. The zero-order valence-electron chi connectivity index (χ0n) is 24.1. The molecular weight excluding hydrogens is 605 g/mol. The number of amides is 1. The van der Waals surface area contributed by atoms with Crippen LogP contribution in [-0.4, -0.2) is 37.4 Å². The van der Waals surface area contributed by atoms with Crippen LogP contribution in [0.25, 0.3) is 11.1 Å². The average Bonchev–Trinajstić information content (AvgIpc) is 3.53. The summed E-state index contributed by atoms with van der Waals surface area (Å²) in [6.45, 7) is 0.673. The lowest BCUT2D eigenvalue weighted by Gasteiger charge is -2.29.